The highest BCUT2D eigenvalue weighted by Gasteiger charge is 2.48. The smallest absolute Gasteiger partial charge is 0.246 e. The van der Waals surface area contributed by atoms with Crippen molar-refractivity contribution in [3.8, 4) is 0 Å². The minimum Gasteiger partial charge on any atom is -0.376 e. The van der Waals surface area contributed by atoms with E-state index in [1.165, 1.54) is 19.3 Å². The Hall–Kier alpha value is -1.40. The van der Waals surface area contributed by atoms with Crippen molar-refractivity contribution in [2.24, 2.45) is 0 Å². The quantitative estimate of drug-likeness (QED) is 0.692. The molecule has 1 N–H and O–H groups in total. The molecule has 1 aromatic heterocycles. The number of carbonyl (C=O) groups excluding carboxylic acids is 2. The first-order valence-corrected chi connectivity index (χ1v) is 12.8. The molecule has 2 amide bonds. The Labute approximate surface area is 184 Å². The maximum atomic E-state index is 13.8. The summed E-state index contributed by atoms with van der Waals surface area (Å²) in [5, 5.41) is 5.39. The summed E-state index contributed by atoms with van der Waals surface area (Å²) < 4.78 is 5.91. The third-order valence-corrected chi connectivity index (χ3v) is 8.05. The van der Waals surface area contributed by atoms with Gasteiger partial charge in [-0.25, -0.2) is 0 Å². The van der Waals surface area contributed by atoms with E-state index >= 15 is 0 Å². The molecule has 0 aromatic carbocycles. The SMILES string of the molecule is O=C(Cc1cccs1)N(C[C@H]1CCCO1)C1(C(=O)NC2CCCCC2)CCCCC1. The second-order valence-electron chi connectivity index (χ2n) is 9.30. The molecular formula is C24H36N2O3S. The van der Waals surface area contributed by atoms with Crippen LogP contribution in [0.25, 0.3) is 0 Å². The first kappa shape index (κ1) is 21.8. The van der Waals surface area contributed by atoms with Crippen molar-refractivity contribution in [2.45, 2.75) is 101 Å². The van der Waals surface area contributed by atoms with Gasteiger partial charge in [-0.2, -0.15) is 0 Å². The fourth-order valence-electron chi connectivity index (χ4n) is 5.49. The van der Waals surface area contributed by atoms with Crippen LogP contribution in [0.5, 0.6) is 0 Å². The normalized spacial score (nSPS) is 24.5. The average Bonchev–Trinajstić information content (AvgIpc) is 3.47. The highest BCUT2D eigenvalue weighted by Crippen LogP contribution is 2.36. The summed E-state index contributed by atoms with van der Waals surface area (Å²) in [6.07, 6.45) is 12.9. The van der Waals surface area contributed by atoms with Crippen molar-refractivity contribution in [1.82, 2.24) is 10.2 Å². The standard InChI is InChI=1S/C24H36N2O3S/c27-22(17-21-12-8-16-30-21)26(18-20-11-7-15-29-20)24(13-5-2-6-14-24)23(28)25-19-9-3-1-4-10-19/h8,12,16,19-20H,1-7,9-11,13-15,17-18H2,(H,25,28)/t20-/m1/s1. The average molecular weight is 433 g/mol. The largest absolute Gasteiger partial charge is 0.376 e. The third kappa shape index (κ3) is 5.08. The Bertz CT molecular complexity index is 687. The molecule has 0 unspecified atom stereocenters. The monoisotopic (exact) mass is 432 g/mol. The Morgan fingerprint density at radius 3 is 2.50 bits per heavy atom. The van der Waals surface area contributed by atoms with Gasteiger partial charge in [0.25, 0.3) is 0 Å². The van der Waals surface area contributed by atoms with Gasteiger partial charge in [0.05, 0.1) is 12.5 Å². The van der Waals surface area contributed by atoms with E-state index in [1.54, 1.807) is 11.3 Å². The molecule has 1 aromatic rings. The van der Waals surface area contributed by atoms with Gasteiger partial charge in [-0.05, 0) is 50.0 Å². The number of thiophene rings is 1. The predicted octanol–water partition coefficient (Wildman–Crippen LogP) is 4.45. The number of nitrogens with one attached hydrogen (secondary N) is 1. The van der Waals surface area contributed by atoms with Crippen LogP contribution in [-0.2, 0) is 20.7 Å². The van der Waals surface area contributed by atoms with Gasteiger partial charge in [0.2, 0.25) is 11.8 Å². The molecule has 2 heterocycles. The summed E-state index contributed by atoms with van der Waals surface area (Å²) in [6, 6.07) is 4.27. The van der Waals surface area contributed by atoms with Gasteiger partial charge < -0.3 is 15.0 Å². The molecule has 3 fully saturated rings. The van der Waals surface area contributed by atoms with E-state index < -0.39 is 5.54 Å². The minimum absolute atomic E-state index is 0.0542. The van der Waals surface area contributed by atoms with Crippen LogP contribution in [0.4, 0.5) is 0 Å². The molecule has 0 radical (unpaired) electrons. The Morgan fingerprint density at radius 1 is 1.07 bits per heavy atom. The lowest BCUT2D eigenvalue weighted by Gasteiger charge is -2.46. The lowest BCUT2D eigenvalue weighted by atomic mass is 9.78. The maximum Gasteiger partial charge on any atom is 0.246 e. The van der Waals surface area contributed by atoms with E-state index in [-0.39, 0.29) is 24.0 Å². The number of hydrogen-bond donors (Lipinski definition) is 1. The van der Waals surface area contributed by atoms with E-state index in [0.29, 0.717) is 13.0 Å². The highest BCUT2D eigenvalue weighted by atomic mass is 32.1. The molecule has 3 aliphatic rings. The van der Waals surface area contributed by atoms with Crippen LogP contribution in [0.15, 0.2) is 17.5 Å². The van der Waals surface area contributed by atoms with Gasteiger partial charge >= 0.3 is 0 Å². The van der Waals surface area contributed by atoms with Crippen molar-refractivity contribution in [3.63, 3.8) is 0 Å². The number of ether oxygens (including phenoxy) is 1. The van der Waals surface area contributed by atoms with E-state index in [9.17, 15) is 9.59 Å². The van der Waals surface area contributed by atoms with Gasteiger partial charge in [-0.1, -0.05) is 44.6 Å². The summed E-state index contributed by atoms with van der Waals surface area (Å²) in [5.74, 6) is 0.167. The lowest BCUT2D eigenvalue weighted by Crippen LogP contribution is -2.64. The van der Waals surface area contributed by atoms with Gasteiger partial charge in [0.1, 0.15) is 5.54 Å². The Balaban J connectivity index is 1.57. The molecule has 6 heteroatoms. The van der Waals surface area contributed by atoms with Crippen molar-refractivity contribution in [3.05, 3.63) is 22.4 Å². The number of amides is 2. The second-order valence-corrected chi connectivity index (χ2v) is 10.3. The fraction of sp³-hybridized carbons (Fsp3) is 0.750. The Kier molecular flexibility index (Phi) is 7.47. The maximum absolute atomic E-state index is 13.8. The molecule has 2 saturated carbocycles. The Morgan fingerprint density at radius 2 is 1.83 bits per heavy atom. The highest BCUT2D eigenvalue weighted by molar-refractivity contribution is 7.10. The number of nitrogens with zero attached hydrogens (tertiary/aromatic N) is 1. The fourth-order valence-corrected chi connectivity index (χ4v) is 6.18. The molecular weight excluding hydrogens is 396 g/mol. The molecule has 2 aliphatic carbocycles. The molecule has 0 spiro atoms. The molecule has 1 aliphatic heterocycles. The molecule has 1 saturated heterocycles. The molecule has 30 heavy (non-hydrogen) atoms. The molecule has 1 atom stereocenters. The van der Waals surface area contributed by atoms with Crippen LogP contribution >= 0.6 is 11.3 Å². The first-order chi connectivity index (χ1) is 14.7. The van der Waals surface area contributed by atoms with Crippen molar-refractivity contribution < 1.29 is 14.3 Å². The zero-order chi connectivity index (χ0) is 20.8. The summed E-state index contributed by atoms with van der Waals surface area (Å²) in [7, 11) is 0. The predicted molar refractivity (Wildman–Crippen MR) is 120 cm³/mol. The minimum atomic E-state index is -0.712. The van der Waals surface area contributed by atoms with Crippen LogP contribution in [0.1, 0.15) is 81.9 Å². The topological polar surface area (TPSA) is 58.6 Å². The van der Waals surface area contributed by atoms with E-state index in [2.05, 4.69) is 5.32 Å². The molecule has 0 bridgehead atoms. The summed E-state index contributed by atoms with van der Waals surface area (Å²) in [6.45, 7) is 1.31. The van der Waals surface area contributed by atoms with E-state index in [4.69, 9.17) is 4.74 Å². The molecule has 5 nitrogen and oxygen atoms in total. The van der Waals surface area contributed by atoms with E-state index in [0.717, 1.165) is 69.3 Å². The van der Waals surface area contributed by atoms with Crippen molar-refractivity contribution >= 4 is 23.2 Å². The summed E-state index contributed by atoms with van der Waals surface area (Å²) in [5.41, 5.74) is -0.712. The van der Waals surface area contributed by atoms with Crippen LogP contribution in [0.3, 0.4) is 0 Å². The van der Waals surface area contributed by atoms with Gasteiger partial charge in [-0.3, -0.25) is 9.59 Å². The van der Waals surface area contributed by atoms with Crippen molar-refractivity contribution in [2.75, 3.05) is 13.2 Å². The van der Waals surface area contributed by atoms with Gasteiger partial charge in [0, 0.05) is 24.1 Å². The van der Waals surface area contributed by atoms with Gasteiger partial charge in [0.15, 0.2) is 0 Å². The van der Waals surface area contributed by atoms with Crippen LogP contribution < -0.4 is 5.32 Å². The number of hydrogen-bond acceptors (Lipinski definition) is 4. The van der Waals surface area contributed by atoms with Crippen LogP contribution in [-0.4, -0.2) is 47.6 Å². The third-order valence-electron chi connectivity index (χ3n) is 7.18. The number of carbonyl (C=O) groups is 2. The summed E-state index contributed by atoms with van der Waals surface area (Å²) in [4.78, 5) is 30.4. The molecule has 166 valence electrons. The van der Waals surface area contributed by atoms with Gasteiger partial charge in [-0.15, -0.1) is 11.3 Å². The number of rotatable bonds is 7. The van der Waals surface area contributed by atoms with Crippen LogP contribution in [0, 0.1) is 0 Å². The molecule has 4 rings (SSSR count). The zero-order valence-corrected chi connectivity index (χ0v) is 18.9. The zero-order valence-electron chi connectivity index (χ0n) is 18.1. The first-order valence-electron chi connectivity index (χ1n) is 11.9. The summed E-state index contributed by atoms with van der Waals surface area (Å²) >= 11 is 1.61. The van der Waals surface area contributed by atoms with Crippen molar-refractivity contribution in [1.29, 1.82) is 0 Å². The second kappa shape index (κ2) is 10.3. The lowest BCUT2D eigenvalue weighted by molar-refractivity contribution is -0.152. The van der Waals surface area contributed by atoms with E-state index in [1.807, 2.05) is 22.4 Å². The van der Waals surface area contributed by atoms with Crippen LogP contribution in [0.2, 0.25) is 0 Å².